The largest absolute Gasteiger partial charge is 0.396 e. The van der Waals surface area contributed by atoms with E-state index >= 15 is 0 Å². The standard InChI is InChI=1S/C12H19N5O2/c18-7-1-5-16(6-2-8-19)10-17-12-9-13-4-3-11(12)14-15-17/h3-4,9,18-19H,1-2,5-8,10H2. The highest BCUT2D eigenvalue weighted by Crippen LogP contribution is 2.09. The van der Waals surface area contributed by atoms with Gasteiger partial charge in [0.25, 0.3) is 0 Å². The van der Waals surface area contributed by atoms with Crippen LogP contribution in [0.15, 0.2) is 18.5 Å². The minimum absolute atomic E-state index is 0.162. The molecule has 2 rings (SSSR count). The third-order valence-electron chi connectivity index (χ3n) is 2.92. The molecule has 0 unspecified atom stereocenters. The molecule has 2 heterocycles. The summed E-state index contributed by atoms with van der Waals surface area (Å²) in [6.07, 6.45) is 4.84. The normalized spacial score (nSPS) is 11.5. The van der Waals surface area contributed by atoms with Gasteiger partial charge in [0.2, 0.25) is 0 Å². The Morgan fingerprint density at radius 3 is 2.58 bits per heavy atom. The molecule has 0 amide bonds. The average molecular weight is 265 g/mol. The molecule has 0 aliphatic rings. The Hall–Kier alpha value is -1.57. The summed E-state index contributed by atoms with van der Waals surface area (Å²) < 4.78 is 1.79. The quantitative estimate of drug-likeness (QED) is 0.690. The Labute approximate surface area is 111 Å². The summed E-state index contributed by atoms with van der Waals surface area (Å²) in [4.78, 5) is 6.21. The molecule has 0 aromatic carbocycles. The SMILES string of the molecule is OCCCN(CCCO)Cn1nnc2ccncc21. The van der Waals surface area contributed by atoms with E-state index in [1.165, 1.54) is 0 Å². The van der Waals surface area contributed by atoms with Crippen molar-refractivity contribution in [2.75, 3.05) is 26.3 Å². The van der Waals surface area contributed by atoms with Crippen LogP contribution in [0.1, 0.15) is 12.8 Å². The molecule has 0 spiro atoms. The second kappa shape index (κ2) is 7.13. The van der Waals surface area contributed by atoms with Gasteiger partial charge in [0.1, 0.15) is 11.0 Å². The predicted octanol–water partition coefficient (Wildman–Crippen LogP) is -0.149. The Morgan fingerprint density at radius 2 is 1.89 bits per heavy atom. The maximum Gasteiger partial charge on any atom is 0.116 e. The van der Waals surface area contributed by atoms with Crippen LogP contribution >= 0.6 is 0 Å². The Bertz CT molecular complexity index is 494. The average Bonchev–Trinajstić information content (AvgIpc) is 2.85. The van der Waals surface area contributed by atoms with E-state index in [4.69, 9.17) is 10.2 Å². The highest BCUT2D eigenvalue weighted by molar-refractivity contribution is 5.72. The summed E-state index contributed by atoms with van der Waals surface area (Å²) >= 11 is 0. The van der Waals surface area contributed by atoms with Crippen LogP contribution in [0.25, 0.3) is 11.0 Å². The molecule has 7 heteroatoms. The summed E-state index contributed by atoms with van der Waals surface area (Å²) in [7, 11) is 0. The summed E-state index contributed by atoms with van der Waals surface area (Å²) in [6, 6.07) is 1.82. The Morgan fingerprint density at radius 1 is 1.16 bits per heavy atom. The predicted molar refractivity (Wildman–Crippen MR) is 70.3 cm³/mol. The van der Waals surface area contributed by atoms with Crippen molar-refractivity contribution in [1.82, 2.24) is 24.9 Å². The molecule has 2 N–H and O–H groups in total. The minimum Gasteiger partial charge on any atom is -0.396 e. The van der Waals surface area contributed by atoms with Crippen LogP contribution in [0, 0.1) is 0 Å². The zero-order valence-electron chi connectivity index (χ0n) is 10.8. The molecule has 0 atom stereocenters. The van der Waals surface area contributed by atoms with E-state index in [2.05, 4.69) is 20.2 Å². The van der Waals surface area contributed by atoms with Crippen molar-refractivity contribution >= 4 is 11.0 Å². The van der Waals surface area contributed by atoms with Gasteiger partial charge in [0.15, 0.2) is 0 Å². The number of aromatic nitrogens is 4. The van der Waals surface area contributed by atoms with E-state index in [0.717, 1.165) is 24.1 Å². The third-order valence-corrected chi connectivity index (χ3v) is 2.92. The van der Waals surface area contributed by atoms with Gasteiger partial charge in [-0.25, -0.2) is 4.68 Å². The van der Waals surface area contributed by atoms with Crippen molar-refractivity contribution in [2.24, 2.45) is 0 Å². The Balaban J connectivity index is 2.06. The molecule has 2 aromatic heterocycles. The van der Waals surface area contributed by atoms with Crippen LogP contribution in [-0.2, 0) is 6.67 Å². The summed E-state index contributed by atoms with van der Waals surface area (Å²) in [5, 5.41) is 26.0. The molecule has 0 aliphatic carbocycles. The van der Waals surface area contributed by atoms with Gasteiger partial charge in [-0.3, -0.25) is 9.88 Å². The molecule has 0 radical (unpaired) electrons. The lowest BCUT2D eigenvalue weighted by molar-refractivity contribution is 0.166. The van der Waals surface area contributed by atoms with Crippen LogP contribution in [-0.4, -0.2) is 61.4 Å². The topological polar surface area (TPSA) is 87.3 Å². The van der Waals surface area contributed by atoms with Gasteiger partial charge in [-0.05, 0) is 18.9 Å². The van der Waals surface area contributed by atoms with Gasteiger partial charge in [0.05, 0.1) is 12.9 Å². The third kappa shape index (κ3) is 3.69. The number of hydrogen-bond acceptors (Lipinski definition) is 6. The van der Waals surface area contributed by atoms with Crippen molar-refractivity contribution in [2.45, 2.75) is 19.5 Å². The van der Waals surface area contributed by atoms with Crippen LogP contribution in [0.5, 0.6) is 0 Å². The zero-order valence-corrected chi connectivity index (χ0v) is 10.8. The number of fused-ring (bicyclic) bond motifs is 1. The van der Waals surface area contributed by atoms with Crippen LogP contribution in [0.2, 0.25) is 0 Å². The van der Waals surface area contributed by atoms with Gasteiger partial charge in [-0.15, -0.1) is 5.10 Å². The fraction of sp³-hybridized carbons (Fsp3) is 0.583. The maximum atomic E-state index is 8.92. The number of hydrogen-bond donors (Lipinski definition) is 2. The number of pyridine rings is 1. The molecule has 0 saturated carbocycles. The van der Waals surface area contributed by atoms with Crippen LogP contribution in [0.4, 0.5) is 0 Å². The van der Waals surface area contributed by atoms with Crippen LogP contribution in [0.3, 0.4) is 0 Å². The van der Waals surface area contributed by atoms with Gasteiger partial charge in [0, 0.05) is 32.5 Å². The van der Waals surface area contributed by atoms with E-state index in [0.29, 0.717) is 19.5 Å². The van der Waals surface area contributed by atoms with Gasteiger partial charge in [-0.1, -0.05) is 5.21 Å². The summed E-state index contributed by atoms with van der Waals surface area (Å²) in [6.45, 7) is 2.43. The van der Waals surface area contributed by atoms with Crippen molar-refractivity contribution in [3.8, 4) is 0 Å². The lowest BCUT2D eigenvalue weighted by atomic mass is 10.3. The summed E-state index contributed by atoms with van der Waals surface area (Å²) in [5.74, 6) is 0. The molecule has 0 aliphatic heterocycles. The number of rotatable bonds is 8. The molecule has 104 valence electrons. The van der Waals surface area contributed by atoms with Crippen molar-refractivity contribution in [1.29, 1.82) is 0 Å². The Kier molecular flexibility index (Phi) is 5.20. The van der Waals surface area contributed by atoms with E-state index in [1.54, 1.807) is 17.1 Å². The van der Waals surface area contributed by atoms with Crippen molar-refractivity contribution in [3.05, 3.63) is 18.5 Å². The van der Waals surface area contributed by atoms with E-state index in [9.17, 15) is 0 Å². The molecule has 19 heavy (non-hydrogen) atoms. The second-order valence-electron chi connectivity index (χ2n) is 4.37. The highest BCUT2D eigenvalue weighted by atomic mass is 16.3. The fourth-order valence-electron chi connectivity index (χ4n) is 1.95. The zero-order chi connectivity index (χ0) is 13.5. The second-order valence-corrected chi connectivity index (χ2v) is 4.37. The van der Waals surface area contributed by atoms with E-state index in [1.807, 2.05) is 6.07 Å². The lowest BCUT2D eigenvalue weighted by Gasteiger charge is -2.21. The molecule has 2 aromatic rings. The molecule has 7 nitrogen and oxygen atoms in total. The number of aliphatic hydroxyl groups excluding tert-OH is 2. The minimum atomic E-state index is 0.162. The maximum absolute atomic E-state index is 8.92. The van der Waals surface area contributed by atoms with E-state index < -0.39 is 0 Å². The smallest absolute Gasteiger partial charge is 0.116 e. The monoisotopic (exact) mass is 265 g/mol. The van der Waals surface area contributed by atoms with E-state index in [-0.39, 0.29) is 13.2 Å². The van der Waals surface area contributed by atoms with Gasteiger partial charge >= 0.3 is 0 Å². The lowest BCUT2D eigenvalue weighted by Crippen LogP contribution is -2.30. The van der Waals surface area contributed by atoms with Crippen LogP contribution < -0.4 is 0 Å². The van der Waals surface area contributed by atoms with Gasteiger partial charge < -0.3 is 10.2 Å². The first kappa shape index (κ1) is 13.9. The first-order valence-electron chi connectivity index (χ1n) is 6.42. The van der Waals surface area contributed by atoms with Crippen molar-refractivity contribution in [3.63, 3.8) is 0 Å². The number of nitrogens with zero attached hydrogens (tertiary/aromatic N) is 5. The number of aliphatic hydroxyl groups is 2. The highest BCUT2D eigenvalue weighted by Gasteiger charge is 2.09. The van der Waals surface area contributed by atoms with Gasteiger partial charge in [-0.2, -0.15) is 0 Å². The fourth-order valence-corrected chi connectivity index (χ4v) is 1.95. The molecular weight excluding hydrogens is 246 g/mol. The molecule has 0 fully saturated rings. The molecule has 0 saturated heterocycles. The summed E-state index contributed by atoms with van der Waals surface area (Å²) in [5.41, 5.74) is 1.71. The molecule has 0 bridgehead atoms. The molecular formula is C12H19N5O2. The first-order chi connectivity index (χ1) is 9.35. The van der Waals surface area contributed by atoms with Crippen molar-refractivity contribution < 1.29 is 10.2 Å². The first-order valence-corrected chi connectivity index (χ1v) is 6.42.